The van der Waals surface area contributed by atoms with Gasteiger partial charge in [0.15, 0.2) is 0 Å². The third-order valence-corrected chi connectivity index (χ3v) is 4.68. The molecule has 1 heterocycles. The molecule has 21 heavy (non-hydrogen) atoms. The van der Waals surface area contributed by atoms with E-state index >= 15 is 0 Å². The van der Waals surface area contributed by atoms with Crippen LogP contribution in [0.25, 0.3) is 0 Å². The number of amides is 1. The van der Waals surface area contributed by atoms with Gasteiger partial charge in [0, 0.05) is 23.4 Å². The van der Waals surface area contributed by atoms with Crippen molar-refractivity contribution in [3.63, 3.8) is 0 Å². The molecule has 116 valence electrons. The molecule has 0 spiro atoms. The summed E-state index contributed by atoms with van der Waals surface area (Å²) in [6, 6.07) is 3.12. The monoisotopic (exact) mass is 383 g/mol. The number of likely N-dealkylation sites (tertiary alicyclic amines) is 1. The fraction of sp³-hybridized carbons (Fsp3) is 0.500. The van der Waals surface area contributed by atoms with E-state index in [1.807, 2.05) is 0 Å². The van der Waals surface area contributed by atoms with Crippen LogP contribution in [0, 0.1) is 5.92 Å². The SMILES string of the molecule is O=C(c1cc(C(F)(F)F)ccc1Br)N1CCCC(CCl)C1. The van der Waals surface area contributed by atoms with E-state index in [2.05, 4.69) is 15.9 Å². The third kappa shape index (κ3) is 3.92. The van der Waals surface area contributed by atoms with Crippen molar-refractivity contribution in [2.24, 2.45) is 5.92 Å². The first kappa shape index (κ1) is 16.6. The first-order valence-corrected chi connectivity index (χ1v) is 7.87. The lowest BCUT2D eigenvalue weighted by Gasteiger charge is -2.32. The highest BCUT2D eigenvalue weighted by Gasteiger charge is 2.32. The fourth-order valence-electron chi connectivity index (χ4n) is 2.41. The molecule has 1 aromatic carbocycles. The molecule has 2 rings (SSSR count). The lowest BCUT2D eigenvalue weighted by molar-refractivity contribution is -0.137. The third-order valence-electron chi connectivity index (χ3n) is 3.55. The number of piperidine rings is 1. The fourth-order valence-corrected chi connectivity index (χ4v) is 3.08. The predicted octanol–water partition coefficient (Wildman–Crippen LogP) is 4.56. The molecule has 1 aromatic rings. The predicted molar refractivity (Wildman–Crippen MR) is 78.5 cm³/mol. The normalized spacial score (nSPS) is 19.7. The van der Waals surface area contributed by atoms with Crippen LogP contribution in [-0.4, -0.2) is 29.8 Å². The largest absolute Gasteiger partial charge is 0.416 e. The second-order valence-electron chi connectivity index (χ2n) is 5.11. The highest BCUT2D eigenvalue weighted by molar-refractivity contribution is 9.10. The Kier molecular flexibility index (Phi) is 5.20. The number of rotatable bonds is 2. The highest BCUT2D eigenvalue weighted by Crippen LogP contribution is 2.32. The van der Waals surface area contributed by atoms with E-state index in [-0.39, 0.29) is 17.4 Å². The molecule has 2 nitrogen and oxygen atoms in total. The van der Waals surface area contributed by atoms with E-state index < -0.39 is 11.7 Å². The number of carbonyl (C=O) groups is 1. The number of benzene rings is 1. The summed E-state index contributed by atoms with van der Waals surface area (Å²) in [7, 11) is 0. The molecular formula is C14H14BrClF3NO. The van der Waals surface area contributed by atoms with E-state index in [1.54, 1.807) is 4.90 Å². The second-order valence-corrected chi connectivity index (χ2v) is 6.27. The van der Waals surface area contributed by atoms with Crippen LogP contribution in [0.4, 0.5) is 13.2 Å². The van der Waals surface area contributed by atoms with Crippen molar-refractivity contribution < 1.29 is 18.0 Å². The topological polar surface area (TPSA) is 20.3 Å². The highest BCUT2D eigenvalue weighted by atomic mass is 79.9. The van der Waals surface area contributed by atoms with E-state index in [9.17, 15) is 18.0 Å². The van der Waals surface area contributed by atoms with Gasteiger partial charge in [-0.2, -0.15) is 13.2 Å². The van der Waals surface area contributed by atoms with Gasteiger partial charge in [-0.15, -0.1) is 11.6 Å². The van der Waals surface area contributed by atoms with Crippen molar-refractivity contribution in [2.45, 2.75) is 19.0 Å². The molecule has 1 aliphatic rings. The van der Waals surface area contributed by atoms with Crippen LogP contribution in [0.5, 0.6) is 0 Å². The summed E-state index contributed by atoms with van der Waals surface area (Å²) in [5.74, 6) is 0.268. The van der Waals surface area contributed by atoms with Crippen LogP contribution in [0.15, 0.2) is 22.7 Å². The minimum atomic E-state index is -4.46. The zero-order valence-electron chi connectivity index (χ0n) is 11.1. The van der Waals surface area contributed by atoms with Crippen molar-refractivity contribution in [1.82, 2.24) is 4.90 Å². The lowest BCUT2D eigenvalue weighted by atomic mass is 9.99. The van der Waals surface area contributed by atoms with Crippen molar-refractivity contribution in [1.29, 1.82) is 0 Å². The van der Waals surface area contributed by atoms with Gasteiger partial charge in [0.05, 0.1) is 11.1 Å². The van der Waals surface area contributed by atoms with Gasteiger partial charge in [-0.1, -0.05) is 0 Å². The summed E-state index contributed by atoms with van der Waals surface area (Å²) in [4.78, 5) is 14.0. The van der Waals surface area contributed by atoms with Crippen LogP contribution < -0.4 is 0 Å². The summed E-state index contributed by atoms with van der Waals surface area (Å²) in [6.45, 7) is 1.04. The minimum absolute atomic E-state index is 0.0417. The van der Waals surface area contributed by atoms with E-state index in [1.165, 1.54) is 6.07 Å². The number of carbonyl (C=O) groups excluding carboxylic acids is 1. The Balaban J connectivity index is 2.26. The van der Waals surface area contributed by atoms with Crippen LogP contribution in [-0.2, 0) is 6.18 Å². The zero-order chi connectivity index (χ0) is 15.6. The first-order valence-electron chi connectivity index (χ1n) is 6.55. The van der Waals surface area contributed by atoms with E-state index in [4.69, 9.17) is 11.6 Å². The molecule has 0 aromatic heterocycles. The van der Waals surface area contributed by atoms with Gasteiger partial charge in [-0.25, -0.2) is 0 Å². The molecule has 7 heteroatoms. The molecule has 1 unspecified atom stereocenters. The quantitative estimate of drug-likeness (QED) is 0.685. The first-order chi connectivity index (χ1) is 9.82. The Hall–Kier alpha value is -0.750. The Bertz CT molecular complexity index is 535. The minimum Gasteiger partial charge on any atom is -0.338 e. The molecule has 1 amide bonds. The van der Waals surface area contributed by atoms with Crippen LogP contribution in [0.2, 0.25) is 0 Å². The van der Waals surface area contributed by atoms with Crippen molar-refractivity contribution in [2.75, 3.05) is 19.0 Å². The molecule has 0 saturated carbocycles. The van der Waals surface area contributed by atoms with Gasteiger partial charge in [0.25, 0.3) is 5.91 Å². The Morgan fingerprint density at radius 3 is 2.76 bits per heavy atom. The standard InChI is InChI=1S/C14H14BrClF3NO/c15-12-4-3-10(14(17,18)19)6-11(12)13(21)20-5-1-2-9(7-16)8-20/h3-4,6,9H,1-2,5,7-8H2. The Morgan fingerprint density at radius 2 is 2.14 bits per heavy atom. The summed E-state index contributed by atoms with van der Waals surface area (Å²) in [5, 5.41) is 0. The average molecular weight is 385 g/mol. The molecule has 1 atom stereocenters. The molecular weight excluding hydrogens is 371 g/mol. The lowest BCUT2D eigenvalue weighted by Crippen LogP contribution is -2.40. The maximum Gasteiger partial charge on any atom is 0.416 e. The van der Waals surface area contributed by atoms with Gasteiger partial charge < -0.3 is 4.90 Å². The smallest absolute Gasteiger partial charge is 0.338 e. The van der Waals surface area contributed by atoms with Gasteiger partial charge in [-0.3, -0.25) is 4.79 Å². The van der Waals surface area contributed by atoms with Crippen LogP contribution in [0.3, 0.4) is 0 Å². The number of halogens is 5. The summed E-state index contributed by atoms with van der Waals surface area (Å²) >= 11 is 8.97. The molecule has 0 aliphatic carbocycles. The number of alkyl halides is 4. The zero-order valence-corrected chi connectivity index (χ0v) is 13.4. The summed E-state index contributed by atoms with van der Waals surface area (Å²) in [5.41, 5.74) is -0.778. The molecule has 0 radical (unpaired) electrons. The second kappa shape index (κ2) is 6.57. The van der Waals surface area contributed by atoms with Crippen LogP contribution in [0.1, 0.15) is 28.8 Å². The number of hydrogen-bond donors (Lipinski definition) is 0. The molecule has 0 bridgehead atoms. The Labute approximate surface area is 134 Å². The molecule has 1 fully saturated rings. The molecule has 1 aliphatic heterocycles. The number of nitrogens with zero attached hydrogens (tertiary/aromatic N) is 1. The molecule has 0 N–H and O–H groups in total. The van der Waals surface area contributed by atoms with Gasteiger partial charge in [0.1, 0.15) is 0 Å². The van der Waals surface area contributed by atoms with Crippen molar-refractivity contribution in [3.8, 4) is 0 Å². The van der Waals surface area contributed by atoms with E-state index in [0.717, 1.165) is 25.0 Å². The maximum absolute atomic E-state index is 12.8. The molecule has 1 saturated heterocycles. The van der Waals surface area contributed by atoms with Crippen molar-refractivity contribution >= 4 is 33.4 Å². The Morgan fingerprint density at radius 1 is 1.43 bits per heavy atom. The average Bonchev–Trinajstić information content (AvgIpc) is 2.46. The van der Waals surface area contributed by atoms with Gasteiger partial charge >= 0.3 is 6.18 Å². The van der Waals surface area contributed by atoms with Crippen LogP contribution >= 0.6 is 27.5 Å². The summed E-state index contributed by atoms with van der Waals surface area (Å²) in [6.07, 6.45) is -2.70. The van der Waals surface area contributed by atoms with Crippen molar-refractivity contribution in [3.05, 3.63) is 33.8 Å². The van der Waals surface area contributed by atoms with Gasteiger partial charge in [-0.05, 0) is 52.9 Å². The van der Waals surface area contributed by atoms with E-state index in [0.29, 0.717) is 23.4 Å². The van der Waals surface area contributed by atoms with Gasteiger partial charge in [0.2, 0.25) is 0 Å². The maximum atomic E-state index is 12.8. The summed E-state index contributed by atoms with van der Waals surface area (Å²) < 4.78 is 38.7. The number of hydrogen-bond acceptors (Lipinski definition) is 1.